The molecule has 1 saturated heterocycles. The monoisotopic (exact) mass is 656 g/mol. The highest BCUT2D eigenvalue weighted by atomic mass is 79.9. The summed E-state index contributed by atoms with van der Waals surface area (Å²) in [7, 11) is -3.29. The minimum absolute atomic E-state index is 0.0776. The summed E-state index contributed by atoms with van der Waals surface area (Å²) in [6.07, 6.45) is 5.59. The Morgan fingerprint density at radius 1 is 1.23 bits per heavy atom. The quantitative estimate of drug-likeness (QED) is 0.324. The third kappa shape index (κ3) is 6.68. The number of imidazole rings is 1. The van der Waals surface area contributed by atoms with Crippen LogP contribution in [-0.4, -0.2) is 85.4 Å². The van der Waals surface area contributed by atoms with Crippen LogP contribution in [-0.2, 0) is 36.0 Å². The van der Waals surface area contributed by atoms with Gasteiger partial charge in [0.25, 0.3) is 0 Å². The summed E-state index contributed by atoms with van der Waals surface area (Å²) in [5.74, 6) is 0. The lowest BCUT2D eigenvalue weighted by molar-refractivity contribution is 0.0762. The summed E-state index contributed by atoms with van der Waals surface area (Å²) >= 11 is 9.79. The van der Waals surface area contributed by atoms with E-state index in [4.69, 9.17) is 16.7 Å². The molecule has 0 spiro atoms. The van der Waals surface area contributed by atoms with Gasteiger partial charge in [-0.1, -0.05) is 34.5 Å². The van der Waals surface area contributed by atoms with E-state index in [1.54, 1.807) is 6.07 Å². The molecule has 10 nitrogen and oxygen atoms in total. The van der Waals surface area contributed by atoms with E-state index >= 15 is 0 Å². The standard InChI is InChI=1S/C27H38BrClN6O4S/c1-18(28)4-3-5-23-22-17-33(40(2,38)39)13-10-25(22)34(31-23)16-21(36)15-32-11-8-20(9-12-32)35-26-14-19(29)6-7-24(26)30-27(35)37/h6-7,14,18,20-21,36H,3-5,8-13,15-17H2,1-2H3,(H,30,37). The number of halogens is 2. The lowest BCUT2D eigenvalue weighted by Crippen LogP contribution is -2.42. The lowest BCUT2D eigenvalue weighted by Gasteiger charge is -2.33. The van der Waals surface area contributed by atoms with E-state index < -0.39 is 16.1 Å². The van der Waals surface area contributed by atoms with E-state index in [-0.39, 0.29) is 11.7 Å². The summed E-state index contributed by atoms with van der Waals surface area (Å²) < 4.78 is 29.7. The maximum absolute atomic E-state index is 12.7. The molecule has 2 aliphatic heterocycles. The van der Waals surface area contributed by atoms with Gasteiger partial charge in [0.15, 0.2) is 0 Å². The van der Waals surface area contributed by atoms with Crippen LogP contribution in [0.25, 0.3) is 11.0 Å². The average molecular weight is 658 g/mol. The fourth-order valence-electron chi connectivity index (χ4n) is 6.10. The molecule has 2 atom stereocenters. The largest absolute Gasteiger partial charge is 0.390 e. The molecule has 5 rings (SSSR count). The maximum atomic E-state index is 12.7. The highest BCUT2D eigenvalue weighted by Crippen LogP contribution is 2.28. The van der Waals surface area contributed by atoms with E-state index in [2.05, 4.69) is 32.7 Å². The van der Waals surface area contributed by atoms with Crippen LogP contribution in [0.5, 0.6) is 0 Å². The fraction of sp³-hybridized carbons (Fsp3) is 0.630. The van der Waals surface area contributed by atoms with E-state index in [0.29, 0.717) is 42.4 Å². The number of benzene rings is 1. The molecule has 0 amide bonds. The Balaban J connectivity index is 1.23. The van der Waals surface area contributed by atoms with Gasteiger partial charge in [-0.2, -0.15) is 9.40 Å². The molecule has 40 heavy (non-hydrogen) atoms. The number of aliphatic hydroxyl groups is 1. The molecule has 0 bridgehead atoms. The van der Waals surface area contributed by atoms with Crippen molar-refractivity contribution < 1.29 is 13.5 Å². The predicted molar refractivity (Wildman–Crippen MR) is 161 cm³/mol. The van der Waals surface area contributed by atoms with Crippen LogP contribution in [0.4, 0.5) is 0 Å². The molecule has 2 aromatic heterocycles. The number of rotatable bonds is 10. The molecule has 13 heteroatoms. The summed E-state index contributed by atoms with van der Waals surface area (Å²) in [6.45, 7) is 5.33. The zero-order valence-corrected chi connectivity index (χ0v) is 26.2. The van der Waals surface area contributed by atoms with Gasteiger partial charge in [0.1, 0.15) is 0 Å². The Morgan fingerprint density at radius 2 is 1.98 bits per heavy atom. The first-order valence-electron chi connectivity index (χ1n) is 14.0. The van der Waals surface area contributed by atoms with Gasteiger partial charge in [-0.15, -0.1) is 0 Å². The van der Waals surface area contributed by atoms with E-state index in [1.807, 2.05) is 21.4 Å². The number of sulfonamides is 1. The van der Waals surface area contributed by atoms with Crippen molar-refractivity contribution in [2.24, 2.45) is 0 Å². The number of H-pyrrole nitrogens is 1. The van der Waals surface area contributed by atoms with Crippen molar-refractivity contribution in [3.05, 3.63) is 50.7 Å². The lowest BCUT2D eigenvalue weighted by atomic mass is 10.0. The zero-order valence-electron chi connectivity index (χ0n) is 23.0. The smallest absolute Gasteiger partial charge is 0.326 e. The molecule has 220 valence electrons. The van der Waals surface area contributed by atoms with Crippen LogP contribution in [0.15, 0.2) is 23.0 Å². The van der Waals surface area contributed by atoms with Gasteiger partial charge in [0.2, 0.25) is 10.0 Å². The number of piperidine rings is 1. The molecule has 4 heterocycles. The molecule has 0 aliphatic carbocycles. The predicted octanol–water partition coefficient (Wildman–Crippen LogP) is 3.30. The average Bonchev–Trinajstić information content (AvgIpc) is 3.39. The number of aryl methyl sites for hydroxylation is 1. The van der Waals surface area contributed by atoms with Crippen molar-refractivity contribution in [2.45, 2.75) is 75.5 Å². The van der Waals surface area contributed by atoms with Crippen molar-refractivity contribution in [3.63, 3.8) is 0 Å². The Labute approximate surface area is 248 Å². The minimum atomic E-state index is -3.29. The number of aromatic amines is 1. The number of nitrogens with one attached hydrogen (secondary N) is 1. The summed E-state index contributed by atoms with van der Waals surface area (Å²) in [5.41, 5.74) is 4.47. The van der Waals surface area contributed by atoms with Crippen molar-refractivity contribution in [1.82, 2.24) is 28.5 Å². The number of alkyl halides is 1. The van der Waals surface area contributed by atoms with Crippen LogP contribution in [0.1, 0.15) is 55.6 Å². The van der Waals surface area contributed by atoms with Crippen molar-refractivity contribution in [3.8, 4) is 0 Å². The first kappa shape index (κ1) is 29.8. The van der Waals surface area contributed by atoms with Crippen LogP contribution >= 0.6 is 27.5 Å². The Kier molecular flexibility index (Phi) is 9.13. The normalized spacial score (nSPS) is 19.2. The van der Waals surface area contributed by atoms with Gasteiger partial charge in [0, 0.05) is 66.3 Å². The second-order valence-electron chi connectivity index (χ2n) is 11.2. The number of aromatic nitrogens is 4. The number of nitrogens with zero attached hydrogens (tertiary/aromatic N) is 5. The Bertz CT molecular complexity index is 1510. The third-order valence-electron chi connectivity index (χ3n) is 8.12. The van der Waals surface area contributed by atoms with Gasteiger partial charge < -0.3 is 15.0 Å². The van der Waals surface area contributed by atoms with E-state index in [9.17, 15) is 18.3 Å². The maximum Gasteiger partial charge on any atom is 0.326 e. The topological polar surface area (TPSA) is 116 Å². The second-order valence-corrected chi connectivity index (χ2v) is 15.2. The number of likely N-dealkylation sites (tertiary alicyclic amines) is 1. The SMILES string of the molecule is CC(Br)CCCc1nn(CC(O)CN2CCC(n3c(=O)[nH]c4ccc(Cl)cc43)CC2)c2c1CN(S(C)(=O)=O)CC2. The first-order chi connectivity index (χ1) is 19.0. The first-order valence-corrected chi connectivity index (χ1v) is 17.1. The van der Waals surface area contributed by atoms with E-state index in [0.717, 1.165) is 73.2 Å². The van der Waals surface area contributed by atoms with Crippen LogP contribution in [0.3, 0.4) is 0 Å². The zero-order chi connectivity index (χ0) is 28.6. The molecule has 2 unspecified atom stereocenters. The van der Waals surface area contributed by atoms with Crippen molar-refractivity contribution in [2.75, 3.05) is 32.4 Å². The van der Waals surface area contributed by atoms with Gasteiger partial charge in [0.05, 0.1) is 35.6 Å². The molecule has 2 aliphatic rings. The van der Waals surface area contributed by atoms with Gasteiger partial charge in [-0.05, 0) is 50.3 Å². The number of hydrogen-bond donors (Lipinski definition) is 2. The minimum Gasteiger partial charge on any atom is -0.390 e. The molecule has 3 aromatic rings. The second kappa shape index (κ2) is 12.3. The third-order valence-corrected chi connectivity index (χ3v) is 10.1. The number of hydrogen-bond acceptors (Lipinski definition) is 6. The van der Waals surface area contributed by atoms with Crippen LogP contribution in [0.2, 0.25) is 5.02 Å². The molecule has 2 N–H and O–H groups in total. The Hall–Kier alpha value is -1.70. The summed E-state index contributed by atoms with van der Waals surface area (Å²) in [6, 6.07) is 5.52. The highest BCUT2D eigenvalue weighted by Gasteiger charge is 2.30. The highest BCUT2D eigenvalue weighted by molar-refractivity contribution is 9.09. The van der Waals surface area contributed by atoms with Crippen LogP contribution in [0, 0.1) is 0 Å². The number of aliphatic hydroxyl groups excluding tert-OH is 1. The molecular weight excluding hydrogens is 620 g/mol. The molecular formula is C27H38BrClN6O4S. The Morgan fingerprint density at radius 3 is 2.67 bits per heavy atom. The fourth-order valence-corrected chi connectivity index (χ4v) is 7.37. The molecule has 0 radical (unpaired) electrons. The van der Waals surface area contributed by atoms with Crippen molar-refractivity contribution >= 4 is 48.6 Å². The number of fused-ring (bicyclic) bond motifs is 2. The van der Waals surface area contributed by atoms with Gasteiger partial charge in [-0.3, -0.25) is 9.25 Å². The summed E-state index contributed by atoms with van der Waals surface area (Å²) in [4.78, 5) is 18.2. The van der Waals surface area contributed by atoms with Gasteiger partial charge in [-0.25, -0.2) is 13.2 Å². The molecule has 0 saturated carbocycles. The van der Waals surface area contributed by atoms with Gasteiger partial charge >= 0.3 is 5.69 Å². The van der Waals surface area contributed by atoms with Crippen molar-refractivity contribution in [1.29, 1.82) is 0 Å². The number of β-amino-alcohol motifs (C(OH)–C–C–N with tert-alkyl or cyclic N) is 1. The summed E-state index contributed by atoms with van der Waals surface area (Å²) in [5, 5.41) is 16.6. The molecule has 1 aromatic carbocycles. The van der Waals surface area contributed by atoms with E-state index in [1.165, 1.54) is 10.6 Å². The molecule has 1 fully saturated rings. The van der Waals surface area contributed by atoms with Crippen LogP contribution < -0.4 is 5.69 Å².